The molecule has 1 saturated heterocycles. The number of halogens is 1. The van der Waals surface area contributed by atoms with Gasteiger partial charge < -0.3 is 5.11 Å². The summed E-state index contributed by atoms with van der Waals surface area (Å²) in [6, 6.07) is 5.97. The predicted molar refractivity (Wildman–Crippen MR) is 117 cm³/mol. The molecule has 1 saturated carbocycles. The highest BCUT2D eigenvalue weighted by atomic mass is 32.2. The van der Waals surface area contributed by atoms with Gasteiger partial charge in [0.05, 0.1) is 28.2 Å². The van der Waals surface area contributed by atoms with Crippen LogP contribution in [0.25, 0.3) is 11.8 Å². The predicted octanol–water partition coefficient (Wildman–Crippen LogP) is 3.39. The second kappa shape index (κ2) is 7.81. The molecule has 2 fully saturated rings. The highest BCUT2D eigenvalue weighted by molar-refractivity contribution is 7.89. The van der Waals surface area contributed by atoms with Crippen LogP contribution in [0.4, 0.5) is 4.39 Å². The maximum Gasteiger partial charge on any atom is 0.314 e. The van der Waals surface area contributed by atoms with Crippen molar-refractivity contribution in [2.24, 2.45) is 5.41 Å². The van der Waals surface area contributed by atoms with E-state index >= 15 is 0 Å². The number of hydrogen-bond acceptors (Lipinski definition) is 4. The van der Waals surface area contributed by atoms with Crippen molar-refractivity contribution >= 4 is 22.1 Å². The average molecular weight is 460 g/mol. The Morgan fingerprint density at radius 3 is 2.56 bits per heavy atom. The number of carboxylic acids is 1. The number of hydrogen-bond donors (Lipinski definition) is 1. The Labute approximate surface area is 186 Å². The zero-order valence-electron chi connectivity index (χ0n) is 17.7. The van der Waals surface area contributed by atoms with Crippen molar-refractivity contribution in [2.45, 2.75) is 50.2 Å². The maximum absolute atomic E-state index is 13.3. The van der Waals surface area contributed by atoms with E-state index in [-0.39, 0.29) is 18.7 Å². The van der Waals surface area contributed by atoms with Crippen LogP contribution in [0.15, 0.2) is 36.0 Å². The monoisotopic (exact) mass is 459 g/mol. The van der Waals surface area contributed by atoms with E-state index in [4.69, 9.17) is 0 Å². The Balaban J connectivity index is 1.49. The summed E-state index contributed by atoms with van der Waals surface area (Å²) in [5, 5.41) is 14.0. The molecule has 5 rings (SSSR count). The molecule has 1 N–H and O–H groups in total. The first-order valence-electron chi connectivity index (χ1n) is 11.1. The molecule has 2 heterocycles. The second-order valence-electron chi connectivity index (χ2n) is 9.05. The molecule has 2 aliphatic carbocycles. The lowest BCUT2D eigenvalue weighted by atomic mass is 9.64. The standard InChI is InChI=1S/C23H26FN3O4S/c24-18-5-7-19(8-6-18)27-21-12-17-4-9-20(32(30,31)26-10-2-1-3-11-26)14-23(17,22(28)29)13-16(21)15-25-27/h5-8,12,15,20H,1-4,9-11,13-14H2,(H,28,29)/t20-,23-/m0/s1. The van der Waals surface area contributed by atoms with Crippen LogP contribution < -0.4 is 0 Å². The van der Waals surface area contributed by atoms with Crippen LogP contribution in [0, 0.1) is 11.2 Å². The van der Waals surface area contributed by atoms with Gasteiger partial charge in [-0.2, -0.15) is 5.10 Å². The van der Waals surface area contributed by atoms with Crippen LogP contribution in [0.2, 0.25) is 0 Å². The summed E-state index contributed by atoms with van der Waals surface area (Å²) in [6.45, 7) is 1.05. The fraction of sp³-hybridized carbons (Fsp3) is 0.478. The van der Waals surface area contributed by atoms with Gasteiger partial charge in [0.15, 0.2) is 0 Å². The minimum Gasteiger partial charge on any atom is -0.481 e. The third-order valence-electron chi connectivity index (χ3n) is 7.19. The maximum atomic E-state index is 13.3. The zero-order valence-corrected chi connectivity index (χ0v) is 18.5. The van der Waals surface area contributed by atoms with Gasteiger partial charge in [-0.05, 0) is 74.4 Å². The lowest BCUT2D eigenvalue weighted by Gasteiger charge is -2.43. The van der Waals surface area contributed by atoms with Crippen molar-refractivity contribution < 1.29 is 22.7 Å². The number of benzene rings is 1. The number of piperidine rings is 1. The molecule has 1 aromatic carbocycles. The molecule has 170 valence electrons. The number of sulfonamides is 1. The molecular formula is C23H26FN3O4S. The largest absolute Gasteiger partial charge is 0.481 e. The Kier molecular flexibility index (Phi) is 5.21. The van der Waals surface area contributed by atoms with Crippen LogP contribution in [0.1, 0.15) is 49.8 Å². The van der Waals surface area contributed by atoms with Crippen molar-refractivity contribution in [2.75, 3.05) is 13.1 Å². The molecule has 0 bridgehead atoms. The van der Waals surface area contributed by atoms with Crippen LogP contribution in [0.3, 0.4) is 0 Å². The lowest BCUT2D eigenvalue weighted by Crippen LogP contribution is -2.49. The Morgan fingerprint density at radius 1 is 1.16 bits per heavy atom. The van der Waals surface area contributed by atoms with E-state index in [1.54, 1.807) is 27.3 Å². The minimum atomic E-state index is -3.54. The third kappa shape index (κ3) is 3.38. The first-order chi connectivity index (χ1) is 15.3. The first-order valence-corrected chi connectivity index (χ1v) is 12.6. The van der Waals surface area contributed by atoms with Gasteiger partial charge in [0.1, 0.15) is 5.82 Å². The summed E-state index contributed by atoms with van der Waals surface area (Å²) < 4.78 is 43.2. The Hall–Kier alpha value is -2.52. The van der Waals surface area contributed by atoms with Gasteiger partial charge in [-0.25, -0.2) is 21.8 Å². The van der Waals surface area contributed by atoms with E-state index in [1.807, 2.05) is 6.08 Å². The van der Waals surface area contributed by atoms with Crippen molar-refractivity contribution in [1.29, 1.82) is 0 Å². The van der Waals surface area contributed by atoms with E-state index in [0.29, 0.717) is 31.6 Å². The topological polar surface area (TPSA) is 92.5 Å². The summed E-state index contributed by atoms with van der Waals surface area (Å²) in [7, 11) is -3.54. The van der Waals surface area contributed by atoms with Crippen molar-refractivity contribution in [1.82, 2.24) is 14.1 Å². The van der Waals surface area contributed by atoms with Gasteiger partial charge >= 0.3 is 5.97 Å². The van der Waals surface area contributed by atoms with Gasteiger partial charge in [-0.1, -0.05) is 12.0 Å². The SMILES string of the molecule is O=C(O)[C@]12Cc3cnn(-c4ccc(F)cc4)c3C=C1CC[C@H](S(=O)(=O)N1CCCCC1)C2. The molecule has 1 aromatic heterocycles. The highest BCUT2D eigenvalue weighted by Crippen LogP contribution is 2.50. The summed E-state index contributed by atoms with van der Waals surface area (Å²) in [5.74, 6) is -1.33. The van der Waals surface area contributed by atoms with E-state index in [1.165, 1.54) is 12.1 Å². The second-order valence-corrected chi connectivity index (χ2v) is 11.3. The molecule has 0 spiro atoms. The molecule has 1 aliphatic heterocycles. The highest BCUT2D eigenvalue weighted by Gasteiger charge is 2.52. The van der Waals surface area contributed by atoms with Crippen LogP contribution in [-0.2, 0) is 21.2 Å². The summed E-state index contributed by atoms with van der Waals surface area (Å²) in [6.07, 6.45) is 7.35. The summed E-state index contributed by atoms with van der Waals surface area (Å²) in [5.41, 5.74) is 1.73. The van der Waals surface area contributed by atoms with Gasteiger partial charge in [0, 0.05) is 13.1 Å². The van der Waals surface area contributed by atoms with Crippen molar-refractivity contribution in [3.05, 3.63) is 53.1 Å². The van der Waals surface area contributed by atoms with Crippen molar-refractivity contribution in [3.63, 3.8) is 0 Å². The summed E-state index contributed by atoms with van der Waals surface area (Å²) in [4.78, 5) is 12.6. The molecule has 7 nitrogen and oxygen atoms in total. The number of rotatable bonds is 4. The number of carboxylic acid groups (broad SMARTS) is 1. The Morgan fingerprint density at radius 2 is 1.88 bits per heavy atom. The van der Waals surface area contributed by atoms with Crippen LogP contribution >= 0.6 is 0 Å². The third-order valence-corrected chi connectivity index (χ3v) is 9.52. The number of aliphatic carboxylic acids is 1. The molecule has 32 heavy (non-hydrogen) atoms. The number of fused-ring (bicyclic) bond motifs is 2. The van der Waals surface area contributed by atoms with E-state index in [2.05, 4.69) is 5.10 Å². The number of carbonyl (C=O) groups is 1. The van der Waals surface area contributed by atoms with E-state index < -0.39 is 26.7 Å². The van der Waals surface area contributed by atoms with Gasteiger partial charge in [0.2, 0.25) is 10.0 Å². The van der Waals surface area contributed by atoms with Gasteiger partial charge in [-0.15, -0.1) is 0 Å². The van der Waals surface area contributed by atoms with E-state index in [9.17, 15) is 22.7 Å². The minimum absolute atomic E-state index is 0.0775. The summed E-state index contributed by atoms with van der Waals surface area (Å²) >= 11 is 0. The number of nitrogens with zero attached hydrogens (tertiary/aromatic N) is 3. The average Bonchev–Trinajstić information content (AvgIpc) is 3.20. The molecule has 2 aromatic rings. The van der Waals surface area contributed by atoms with Crippen LogP contribution in [-0.4, -0.2) is 51.9 Å². The molecule has 0 unspecified atom stereocenters. The lowest BCUT2D eigenvalue weighted by molar-refractivity contribution is -0.147. The molecule has 3 aliphatic rings. The zero-order chi connectivity index (χ0) is 22.5. The van der Waals surface area contributed by atoms with Gasteiger partial charge in [0.25, 0.3) is 0 Å². The first kappa shape index (κ1) is 21.3. The smallest absolute Gasteiger partial charge is 0.314 e. The Bertz CT molecular complexity index is 1180. The van der Waals surface area contributed by atoms with Gasteiger partial charge in [-0.3, -0.25) is 4.79 Å². The van der Waals surface area contributed by atoms with E-state index in [0.717, 1.165) is 36.1 Å². The fourth-order valence-electron chi connectivity index (χ4n) is 5.42. The molecule has 0 radical (unpaired) electrons. The molecule has 2 atom stereocenters. The quantitative estimate of drug-likeness (QED) is 0.757. The molecular weight excluding hydrogens is 433 g/mol. The fourth-order valence-corrected chi connectivity index (χ4v) is 7.52. The number of aromatic nitrogens is 2. The normalized spacial score (nSPS) is 26.2. The molecule has 9 heteroatoms. The van der Waals surface area contributed by atoms with Crippen molar-refractivity contribution in [3.8, 4) is 5.69 Å². The van der Waals surface area contributed by atoms with Crippen LogP contribution in [0.5, 0.6) is 0 Å². The molecule has 0 amide bonds.